The third-order valence-corrected chi connectivity index (χ3v) is 7.60. The topological polar surface area (TPSA) is 66.8 Å². The number of amides is 1. The van der Waals surface area contributed by atoms with E-state index in [2.05, 4.69) is 4.99 Å². The van der Waals surface area contributed by atoms with Gasteiger partial charge in [-0.15, -0.1) is 0 Å². The van der Waals surface area contributed by atoms with E-state index in [1.54, 1.807) is 12.1 Å². The molecule has 1 amide bonds. The van der Waals surface area contributed by atoms with Crippen molar-refractivity contribution in [2.24, 2.45) is 4.99 Å². The van der Waals surface area contributed by atoms with Crippen LogP contribution in [-0.4, -0.2) is 42.3 Å². The minimum atomic E-state index is -3.05. The van der Waals surface area contributed by atoms with Crippen molar-refractivity contribution >= 4 is 50.0 Å². The molecule has 24 heavy (non-hydrogen) atoms. The number of hydrogen-bond acceptors (Lipinski definition) is 4. The van der Waals surface area contributed by atoms with Crippen LogP contribution in [0.4, 0.5) is 5.69 Å². The normalized spacial score (nSPS) is 26.8. The Balaban J connectivity index is 1.92. The van der Waals surface area contributed by atoms with Crippen LogP contribution >= 0.6 is 23.4 Å². The Hall–Kier alpha value is -1.05. The zero-order chi connectivity index (χ0) is 17.3. The van der Waals surface area contributed by atoms with Crippen LogP contribution < -0.4 is 4.90 Å². The molecule has 8 heteroatoms. The first-order valence-electron chi connectivity index (χ1n) is 7.93. The van der Waals surface area contributed by atoms with Crippen molar-refractivity contribution in [3.63, 3.8) is 0 Å². The lowest BCUT2D eigenvalue weighted by atomic mass is 10.2. The molecular formula is C16H19ClN2O3S2. The van der Waals surface area contributed by atoms with E-state index < -0.39 is 9.84 Å². The molecule has 0 aromatic heterocycles. The first-order chi connectivity index (χ1) is 11.4. The minimum absolute atomic E-state index is 0.0802. The Bertz CT molecular complexity index is 762. The molecule has 1 aromatic carbocycles. The lowest BCUT2D eigenvalue weighted by Gasteiger charge is -2.24. The highest BCUT2D eigenvalue weighted by Gasteiger charge is 2.49. The lowest BCUT2D eigenvalue weighted by molar-refractivity contribution is -0.117. The van der Waals surface area contributed by atoms with Gasteiger partial charge >= 0.3 is 0 Å². The van der Waals surface area contributed by atoms with Crippen molar-refractivity contribution in [3.8, 4) is 0 Å². The second-order valence-electron chi connectivity index (χ2n) is 6.04. The summed E-state index contributed by atoms with van der Waals surface area (Å²) in [5.41, 5.74) is 0.818. The molecular weight excluding hydrogens is 368 g/mol. The number of carbonyl (C=O) groups excluding carboxylic acids is 1. The fourth-order valence-corrected chi connectivity index (χ4v) is 7.02. The van der Waals surface area contributed by atoms with Crippen LogP contribution in [-0.2, 0) is 14.6 Å². The van der Waals surface area contributed by atoms with Gasteiger partial charge in [0.25, 0.3) is 0 Å². The number of benzene rings is 1. The fourth-order valence-electron chi connectivity index (χ4n) is 2.96. The van der Waals surface area contributed by atoms with Crippen molar-refractivity contribution in [2.75, 3.05) is 16.4 Å². The quantitative estimate of drug-likeness (QED) is 0.795. The van der Waals surface area contributed by atoms with Crippen LogP contribution in [0.25, 0.3) is 0 Å². The van der Waals surface area contributed by atoms with Gasteiger partial charge in [-0.1, -0.05) is 36.7 Å². The van der Waals surface area contributed by atoms with E-state index in [4.69, 9.17) is 11.6 Å². The summed E-state index contributed by atoms with van der Waals surface area (Å²) in [5, 5.41) is 1.13. The van der Waals surface area contributed by atoms with E-state index in [1.807, 2.05) is 24.0 Å². The number of halogens is 1. The summed E-state index contributed by atoms with van der Waals surface area (Å²) in [7, 11) is -3.05. The highest BCUT2D eigenvalue weighted by molar-refractivity contribution is 8.16. The number of nitrogens with zero attached hydrogens (tertiary/aromatic N) is 2. The van der Waals surface area contributed by atoms with Crippen molar-refractivity contribution in [1.29, 1.82) is 0 Å². The number of fused-ring (bicyclic) bond motifs is 1. The molecule has 0 aliphatic carbocycles. The summed E-state index contributed by atoms with van der Waals surface area (Å²) >= 11 is 7.34. The third kappa shape index (κ3) is 3.78. The van der Waals surface area contributed by atoms with E-state index in [0.29, 0.717) is 16.6 Å². The number of unbranched alkanes of at least 4 members (excludes halogenated alkanes) is 1. The zero-order valence-corrected chi connectivity index (χ0v) is 15.7. The molecule has 0 saturated carbocycles. The summed E-state index contributed by atoms with van der Waals surface area (Å²) < 4.78 is 24.0. The molecule has 3 rings (SSSR count). The van der Waals surface area contributed by atoms with Gasteiger partial charge < -0.3 is 4.90 Å². The maximum Gasteiger partial charge on any atom is 0.248 e. The van der Waals surface area contributed by atoms with E-state index in [0.717, 1.165) is 18.5 Å². The van der Waals surface area contributed by atoms with Gasteiger partial charge in [0.05, 0.1) is 17.5 Å². The van der Waals surface area contributed by atoms with Crippen LogP contribution in [0, 0.1) is 0 Å². The summed E-state index contributed by atoms with van der Waals surface area (Å²) in [5.74, 6) is 0.0745. The molecule has 2 aliphatic heterocycles. The largest absolute Gasteiger partial charge is 0.316 e. The van der Waals surface area contributed by atoms with E-state index in [-0.39, 0.29) is 28.7 Å². The van der Waals surface area contributed by atoms with Crippen LogP contribution in [0.5, 0.6) is 0 Å². The van der Waals surface area contributed by atoms with Crippen LogP contribution in [0.15, 0.2) is 29.3 Å². The van der Waals surface area contributed by atoms with Gasteiger partial charge in [-0.3, -0.25) is 4.79 Å². The molecule has 2 atom stereocenters. The molecule has 5 nitrogen and oxygen atoms in total. The van der Waals surface area contributed by atoms with Gasteiger partial charge in [0.2, 0.25) is 5.91 Å². The summed E-state index contributed by atoms with van der Waals surface area (Å²) in [6.07, 6.45) is 2.17. The SMILES string of the molecule is CCCCC(=O)N=C1SC2CS(=O)(=O)CC2N1c1ccc(Cl)cc1. The summed E-state index contributed by atoms with van der Waals surface area (Å²) in [6, 6.07) is 7.01. The predicted octanol–water partition coefficient (Wildman–Crippen LogP) is 3.13. The maximum absolute atomic E-state index is 12.1. The smallest absolute Gasteiger partial charge is 0.248 e. The average Bonchev–Trinajstić information content (AvgIpc) is 2.97. The second kappa shape index (κ2) is 7.06. The first kappa shape index (κ1) is 17.8. The number of sulfone groups is 1. The van der Waals surface area contributed by atoms with Crippen molar-refractivity contribution in [3.05, 3.63) is 29.3 Å². The third-order valence-electron chi connectivity index (χ3n) is 4.14. The maximum atomic E-state index is 12.1. The highest BCUT2D eigenvalue weighted by atomic mass is 35.5. The number of anilines is 1. The molecule has 2 aliphatic rings. The van der Waals surface area contributed by atoms with Gasteiger partial charge in [0.15, 0.2) is 15.0 Å². The standard InChI is InChI=1S/C16H19ClN2O3S2/c1-2-3-4-15(20)18-16-19(12-7-5-11(17)6-8-12)13-9-24(21,22)10-14(13)23-16/h5-8,13-14H,2-4,9-10H2,1H3. The Morgan fingerprint density at radius 2 is 2.04 bits per heavy atom. The molecule has 130 valence electrons. The highest BCUT2D eigenvalue weighted by Crippen LogP contribution is 2.41. The van der Waals surface area contributed by atoms with Gasteiger partial charge in [0, 0.05) is 22.4 Å². The summed E-state index contributed by atoms with van der Waals surface area (Å²) in [6.45, 7) is 2.03. The number of rotatable bonds is 4. The summed E-state index contributed by atoms with van der Waals surface area (Å²) in [4.78, 5) is 18.2. The monoisotopic (exact) mass is 386 g/mol. The van der Waals surface area contributed by atoms with Crippen molar-refractivity contribution in [1.82, 2.24) is 0 Å². The van der Waals surface area contributed by atoms with Gasteiger partial charge in [-0.05, 0) is 30.7 Å². The molecule has 0 bridgehead atoms. The average molecular weight is 387 g/mol. The Morgan fingerprint density at radius 3 is 2.71 bits per heavy atom. The molecule has 2 heterocycles. The minimum Gasteiger partial charge on any atom is -0.316 e. The van der Waals surface area contributed by atoms with Crippen LogP contribution in [0.2, 0.25) is 5.02 Å². The number of amidine groups is 1. The van der Waals surface area contributed by atoms with Crippen molar-refractivity contribution < 1.29 is 13.2 Å². The van der Waals surface area contributed by atoms with Gasteiger partial charge in [-0.2, -0.15) is 4.99 Å². The van der Waals surface area contributed by atoms with E-state index in [1.165, 1.54) is 11.8 Å². The van der Waals surface area contributed by atoms with Crippen LogP contribution in [0.3, 0.4) is 0 Å². The van der Waals surface area contributed by atoms with Crippen molar-refractivity contribution in [2.45, 2.75) is 37.5 Å². The Kier molecular flexibility index (Phi) is 5.22. The first-order valence-corrected chi connectivity index (χ1v) is 11.0. The molecule has 0 N–H and O–H groups in total. The second-order valence-corrected chi connectivity index (χ2v) is 9.84. The molecule has 1 aromatic rings. The fraction of sp³-hybridized carbons (Fsp3) is 0.500. The zero-order valence-electron chi connectivity index (χ0n) is 13.3. The molecule has 2 saturated heterocycles. The number of thioether (sulfide) groups is 1. The van der Waals surface area contributed by atoms with E-state index in [9.17, 15) is 13.2 Å². The van der Waals surface area contributed by atoms with Crippen LogP contribution in [0.1, 0.15) is 26.2 Å². The van der Waals surface area contributed by atoms with Gasteiger partial charge in [-0.25, -0.2) is 8.42 Å². The molecule has 0 radical (unpaired) electrons. The molecule has 0 spiro atoms. The molecule has 2 fully saturated rings. The number of hydrogen-bond donors (Lipinski definition) is 0. The van der Waals surface area contributed by atoms with E-state index >= 15 is 0 Å². The Morgan fingerprint density at radius 1 is 1.33 bits per heavy atom. The predicted molar refractivity (Wildman–Crippen MR) is 99.7 cm³/mol. The molecule has 2 unspecified atom stereocenters. The number of aliphatic imine (C=N–C) groups is 1. The Labute approximate surface area is 151 Å². The lowest BCUT2D eigenvalue weighted by Crippen LogP contribution is -2.37. The van der Waals surface area contributed by atoms with Gasteiger partial charge in [0.1, 0.15) is 0 Å². The number of carbonyl (C=O) groups is 1.